The third-order valence-electron chi connectivity index (χ3n) is 5.56. The van der Waals surface area contributed by atoms with Crippen LogP contribution in [-0.4, -0.2) is 52.6 Å². The highest BCUT2D eigenvalue weighted by Crippen LogP contribution is 2.36. The second kappa shape index (κ2) is 5.11. The highest BCUT2D eigenvalue weighted by molar-refractivity contribution is 5.77. The Morgan fingerprint density at radius 2 is 1.90 bits per heavy atom. The van der Waals surface area contributed by atoms with Crippen LogP contribution in [0.4, 0.5) is 0 Å². The van der Waals surface area contributed by atoms with Gasteiger partial charge in [-0.25, -0.2) is 0 Å². The fraction of sp³-hybridized carbons (Fsp3) is 0.588. The van der Waals surface area contributed by atoms with Crippen molar-refractivity contribution in [3.63, 3.8) is 0 Å². The first-order valence-electron chi connectivity index (χ1n) is 8.03. The van der Waals surface area contributed by atoms with E-state index in [1.165, 1.54) is 37.9 Å². The fourth-order valence-corrected chi connectivity index (χ4v) is 4.58. The smallest absolute Gasteiger partial charge is 0.312 e. The van der Waals surface area contributed by atoms with Gasteiger partial charge in [0.05, 0.1) is 5.92 Å². The zero-order valence-electron chi connectivity index (χ0n) is 12.2. The Morgan fingerprint density at radius 3 is 2.76 bits per heavy atom. The SMILES string of the molecule is O=C(O)C1CN(C2CCN3CCCC23)Cc2ccccc21. The predicted octanol–water partition coefficient (Wildman–Crippen LogP) is 1.91. The van der Waals surface area contributed by atoms with Crippen molar-refractivity contribution in [2.75, 3.05) is 19.6 Å². The van der Waals surface area contributed by atoms with Gasteiger partial charge in [-0.3, -0.25) is 14.6 Å². The Morgan fingerprint density at radius 1 is 1.10 bits per heavy atom. The zero-order chi connectivity index (χ0) is 14.4. The number of aliphatic carboxylic acids is 1. The lowest BCUT2D eigenvalue weighted by atomic mass is 9.88. The van der Waals surface area contributed by atoms with Crippen molar-refractivity contribution in [1.29, 1.82) is 0 Å². The van der Waals surface area contributed by atoms with Gasteiger partial charge in [-0.15, -0.1) is 0 Å². The van der Waals surface area contributed by atoms with Gasteiger partial charge < -0.3 is 5.11 Å². The molecule has 4 nitrogen and oxygen atoms in total. The minimum atomic E-state index is -0.687. The van der Waals surface area contributed by atoms with Crippen LogP contribution in [0.15, 0.2) is 24.3 Å². The largest absolute Gasteiger partial charge is 0.481 e. The van der Waals surface area contributed by atoms with Crippen molar-refractivity contribution in [3.8, 4) is 0 Å². The molecule has 0 radical (unpaired) electrons. The van der Waals surface area contributed by atoms with Crippen LogP contribution in [0.2, 0.25) is 0 Å². The third-order valence-corrected chi connectivity index (χ3v) is 5.56. The van der Waals surface area contributed by atoms with Gasteiger partial charge in [0.2, 0.25) is 0 Å². The molecule has 4 rings (SSSR count). The first-order valence-corrected chi connectivity index (χ1v) is 8.03. The Hall–Kier alpha value is -1.39. The summed E-state index contributed by atoms with van der Waals surface area (Å²) < 4.78 is 0. The first-order chi connectivity index (χ1) is 10.2. The molecule has 0 spiro atoms. The molecular formula is C17H22N2O2. The number of fused-ring (bicyclic) bond motifs is 2. The summed E-state index contributed by atoms with van der Waals surface area (Å²) in [6.45, 7) is 4.00. The average Bonchev–Trinajstić information content (AvgIpc) is 3.08. The number of hydrogen-bond donors (Lipinski definition) is 1. The van der Waals surface area contributed by atoms with Crippen LogP contribution in [0.25, 0.3) is 0 Å². The van der Waals surface area contributed by atoms with Crippen molar-refractivity contribution in [1.82, 2.24) is 9.80 Å². The summed E-state index contributed by atoms with van der Waals surface area (Å²) in [6.07, 6.45) is 3.77. The van der Waals surface area contributed by atoms with Crippen molar-refractivity contribution < 1.29 is 9.90 Å². The van der Waals surface area contributed by atoms with Gasteiger partial charge in [-0.1, -0.05) is 24.3 Å². The van der Waals surface area contributed by atoms with Gasteiger partial charge in [-0.2, -0.15) is 0 Å². The van der Waals surface area contributed by atoms with Gasteiger partial charge in [-0.05, 0) is 36.9 Å². The minimum Gasteiger partial charge on any atom is -0.481 e. The third kappa shape index (κ3) is 2.17. The fourth-order valence-electron chi connectivity index (χ4n) is 4.58. The van der Waals surface area contributed by atoms with Crippen LogP contribution < -0.4 is 0 Å². The van der Waals surface area contributed by atoms with E-state index in [9.17, 15) is 9.90 Å². The van der Waals surface area contributed by atoms with Crippen LogP contribution in [0, 0.1) is 0 Å². The number of hydrogen-bond acceptors (Lipinski definition) is 3. The van der Waals surface area contributed by atoms with Crippen LogP contribution in [0.1, 0.15) is 36.3 Å². The lowest BCUT2D eigenvalue weighted by molar-refractivity contribution is -0.139. The maximum atomic E-state index is 11.7. The molecule has 0 aromatic heterocycles. The molecule has 3 heterocycles. The van der Waals surface area contributed by atoms with E-state index in [2.05, 4.69) is 15.9 Å². The average molecular weight is 286 g/mol. The Labute approximate surface area is 125 Å². The standard InChI is InChI=1S/C17H22N2O2/c20-17(21)14-11-19(10-12-4-1-2-5-13(12)14)16-7-9-18-8-3-6-15(16)18/h1-2,4-5,14-16H,3,6-11H2,(H,20,21). The molecule has 0 aliphatic carbocycles. The van der Waals surface area contributed by atoms with Gasteiger partial charge in [0, 0.05) is 31.7 Å². The number of benzene rings is 1. The molecule has 3 atom stereocenters. The summed E-state index contributed by atoms with van der Waals surface area (Å²) in [5.74, 6) is -1.06. The zero-order valence-corrected chi connectivity index (χ0v) is 12.2. The molecule has 3 unspecified atom stereocenters. The van der Waals surface area contributed by atoms with Crippen molar-refractivity contribution in [2.45, 2.75) is 43.8 Å². The van der Waals surface area contributed by atoms with Crippen molar-refractivity contribution in [3.05, 3.63) is 35.4 Å². The van der Waals surface area contributed by atoms with E-state index in [1.54, 1.807) is 0 Å². The number of rotatable bonds is 2. The van der Waals surface area contributed by atoms with Crippen molar-refractivity contribution >= 4 is 5.97 Å². The van der Waals surface area contributed by atoms with E-state index in [0.717, 1.165) is 12.1 Å². The monoisotopic (exact) mass is 286 g/mol. The molecule has 21 heavy (non-hydrogen) atoms. The maximum absolute atomic E-state index is 11.7. The number of nitrogens with zero attached hydrogens (tertiary/aromatic N) is 2. The highest BCUT2D eigenvalue weighted by atomic mass is 16.4. The van der Waals surface area contributed by atoms with E-state index in [0.29, 0.717) is 18.6 Å². The van der Waals surface area contributed by atoms with E-state index in [4.69, 9.17) is 0 Å². The molecule has 0 bridgehead atoms. The molecule has 1 aromatic rings. The summed E-state index contributed by atoms with van der Waals surface area (Å²) in [5, 5.41) is 9.60. The van der Waals surface area contributed by atoms with Gasteiger partial charge in [0.15, 0.2) is 0 Å². The normalized spacial score (nSPS) is 32.9. The second-order valence-electron chi connectivity index (χ2n) is 6.62. The summed E-state index contributed by atoms with van der Waals surface area (Å²) in [5.41, 5.74) is 2.22. The first kappa shape index (κ1) is 13.3. The molecule has 2 fully saturated rings. The van der Waals surface area contributed by atoms with Crippen LogP contribution in [-0.2, 0) is 11.3 Å². The van der Waals surface area contributed by atoms with E-state index in [1.807, 2.05) is 18.2 Å². The van der Waals surface area contributed by atoms with E-state index in [-0.39, 0.29) is 5.92 Å². The van der Waals surface area contributed by atoms with Gasteiger partial charge >= 0.3 is 5.97 Å². The lowest BCUT2D eigenvalue weighted by Crippen LogP contribution is -2.47. The topological polar surface area (TPSA) is 43.8 Å². The lowest BCUT2D eigenvalue weighted by Gasteiger charge is -2.39. The second-order valence-corrected chi connectivity index (χ2v) is 6.62. The molecule has 1 aromatic carbocycles. The van der Waals surface area contributed by atoms with Gasteiger partial charge in [0.1, 0.15) is 0 Å². The summed E-state index contributed by atoms with van der Waals surface area (Å²) >= 11 is 0. The summed E-state index contributed by atoms with van der Waals surface area (Å²) in [7, 11) is 0. The Balaban J connectivity index is 1.62. The summed E-state index contributed by atoms with van der Waals surface area (Å²) in [4.78, 5) is 16.7. The van der Waals surface area contributed by atoms with E-state index >= 15 is 0 Å². The predicted molar refractivity (Wildman–Crippen MR) is 80.2 cm³/mol. The Bertz CT molecular complexity index is 559. The van der Waals surface area contributed by atoms with Crippen LogP contribution >= 0.6 is 0 Å². The molecule has 112 valence electrons. The molecule has 4 heteroatoms. The molecule has 0 amide bonds. The van der Waals surface area contributed by atoms with Crippen molar-refractivity contribution in [2.24, 2.45) is 0 Å². The van der Waals surface area contributed by atoms with E-state index < -0.39 is 5.97 Å². The maximum Gasteiger partial charge on any atom is 0.312 e. The molecule has 3 aliphatic rings. The molecule has 1 N–H and O–H groups in total. The van der Waals surface area contributed by atoms with Crippen LogP contribution in [0.3, 0.4) is 0 Å². The molecule has 3 aliphatic heterocycles. The molecular weight excluding hydrogens is 264 g/mol. The Kier molecular flexibility index (Phi) is 3.23. The molecule has 2 saturated heterocycles. The molecule has 0 saturated carbocycles. The van der Waals surface area contributed by atoms with Gasteiger partial charge in [0.25, 0.3) is 0 Å². The minimum absolute atomic E-state index is 0.370. The number of carboxylic acid groups (broad SMARTS) is 1. The highest BCUT2D eigenvalue weighted by Gasteiger charge is 2.42. The summed E-state index contributed by atoms with van der Waals surface area (Å²) in [6, 6.07) is 9.27. The number of carbonyl (C=O) groups is 1. The number of carboxylic acids is 1. The quantitative estimate of drug-likeness (QED) is 0.902. The van der Waals surface area contributed by atoms with Crippen LogP contribution in [0.5, 0.6) is 0 Å².